The first-order chi connectivity index (χ1) is 29.3. The normalized spacial score (nSPS) is 12.4. The van der Waals surface area contributed by atoms with E-state index < -0.39 is 16.1 Å². The van der Waals surface area contributed by atoms with Crippen LogP contribution in [0.4, 0.5) is 34.1 Å². The summed E-state index contributed by atoms with van der Waals surface area (Å²) in [4.78, 5) is 4.78. The molecule has 1 aliphatic heterocycles. The smallest absolute Gasteiger partial charge is 0.137 e. The van der Waals surface area contributed by atoms with Crippen LogP contribution >= 0.6 is 0 Å². The fourth-order valence-electron chi connectivity index (χ4n) is 9.18. The van der Waals surface area contributed by atoms with Crippen LogP contribution < -0.4 is 24.9 Å². The Hall–Kier alpha value is -6.41. The van der Waals surface area contributed by atoms with Gasteiger partial charge in [0.05, 0.1) is 21.8 Å². The SMILES string of the molecule is Cc1ccc2c(N(c3ccccc3)c3ccc([Si](C)(C)C)cc3)cc3c4cc(C)cc5c4c(cc3c2c1)-c1ccc(N(c2ccccc2)c2ccc([Si](C)(C)C)cc2)cc1O5. The molecule has 0 amide bonds. The molecule has 0 atom stereocenters. The first-order valence-electron chi connectivity index (χ1n) is 21.5. The summed E-state index contributed by atoms with van der Waals surface area (Å²) in [5, 5.41) is 10.2. The maximum absolute atomic E-state index is 7.04. The lowest BCUT2D eigenvalue weighted by atomic mass is 9.87. The van der Waals surface area contributed by atoms with Gasteiger partial charge in [0.1, 0.15) is 11.5 Å². The van der Waals surface area contributed by atoms with E-state index in [2.05, 4.69) is 233 Å². The zero-order valence-electron chi connectivity index (χ0n) is 36.5. The van der Waals surface area contributed by atoms with Crippen molar-refractivity contribution in [3.63, 3.8) is 0 Å². The van der Waals surface area contributed by atoms with E-state index >= 15 is 0 Å². The van der Waals surface area contributed by atoms with E-state index in [9.17, 15) is 0 Å². The molecule has 300 valence electrons. The van der Waals surface area contributed by atoms with Crippen LogP contribution in [0.5, 0.6) is 11.5 Å². The molecule has 61 heavy (non-hydrogen) atoms. The van der Waals surface area contributed by atoms with E-state index in [4.69, 9.17) is 4.74 Å². The van der Waals surface area contributed by atoms with Crippen LogP contribution in [0.2, 0.25) is 39.3 Å². The minimum atomic E-state index is -1.49. The van der Waals surface area contributed by atoms with Crippen molar-refractivity contribution in [2.75, 3.05) is 9.80 Å². The molecular weight excluding hydrogens is 773 g/mol. The molecule has 1 heterocycles. The molecular formula is C56H52N2OSi2. The first-order valence-corrected chi connectivity index (χ1v) is 28.5. The van der Waals surface area contributed by atoms with Crippen molar-refractivity contribution in [2.24, 2.45) is 0 Å². The quantitative estimate of drug-likeness (QED) is 0.112. The number of aryl methyl sites for hydroxylation is 2. The number of hydrogen-bond donors (Lipinski definition) is 0. The van der Waals surface area contributed by atoms with Crippen molar-refractivity contribution >= 4 is 93.0 Å². The molecule has 0 fully saturated rings. The second kappa shape index (κ2) is 14.7. The van der Waals surface area contributed by atoms with E-state index in [-0.39, 0.29) is 0 Å². The summed E-state index contributed by atoms with van der Waals surface area (Å²) in [6.45, 7) is 18.8. The summed E-state index contributed by atoms with van der Waals surface area (Å²) in [6, 6.07) is 63.1. The number of rotatable bonds is 8. The summed E-state index contributed by atoms with van der Waals surface area (Å²) in [5.74, 6) is 1.76. The largest absolute Gasteiger partial charge is 0.456 e. The third kappa shape index (κ3) is 6.92. The first kappa shape index (κ1) is 38.8. The van der Waals surface area contributed by atoms with Crippen LogP contribution in [0.15, 0.2) is 170 Å². The monoisotopic (exact) mass is 824 g/mol. The van der Waals surface area contributed by atoms with Gasteiger partial charge < -0.3 is 14.5 Å². The Morgan fingerprint density at radius 2 is 0.869 bits per heavy atom. The van der Waals surface area contributed by atoms with Gasteiger partial charge in [-0.1, -0.05) is 140 Å². The van der Waals surface area contributed by atoms with Crippen molar-refractivity contribution in [1.82, 2.24) is 0 Å². The summed E-state index contributed by atoms with van der Waals surface area (Å²) in [7, 11) is -2.94. The van der Waals surface area contributed by atoms with Gasteiger partial charge in [-0.2, -0.15) is 0 Å². The number of ether oxygens (including phenoxy) is 1. The maximum Gasteiger partial charge on any atom is 0.137 e. The summed E-state index contributed by atoms with van der Waals surface area (Å²) < 4.78 is 7.04. The number of para-hydroxylation sites is 2. The van der Waals surface area contributed by atoms with E-state index in [0.29, 0.717) is 0 Å². The maximum atomic E-state index is 7.04. The van der Waals surface area contributed by atoms with Crippen LogP contribution in [-0.2, 0) is 0 Å². The lowest BCUT2D eigenvalue weighted by Crippen LogP contribution is -2.37. The predicted molar refractivity (Wildman–Crippen MR) is 269 cm³/mol. The number of fused-ring (bicyclic) bond motifs is 6. The average molecular weight is 825 g/mol. The molecule has 0 N–H and O–H groups in total. The third-order valence-corrected chi connectivity index (χ3v) is 16.5. The van der Waals surface area contributed by atoms with E-state index in [1.165, 1.54) is 54.0 Å². The average Bonchev–Trinajstić information content (AvgIpc) is 3.24. The molecule has 1 aliphatic rings. The van der Waals surface area contributed by atoms with Gasteiger partial charge in [0.15, 0.2) is 0 Å². The summed E-state index contributed by atoms with van der Waals surface area (Å²) in [6.07, 6.45) is 0. The van der Waals surface area contributed by atoms with Gasteiger partial charge in [-0.3, -0.25) is 0 Å². The van der Waals surface area contributed by atoms with Crippen molar-refractivity contribution in [2.45, 2.75) is 53.1 Å². The fourth-order valence-corrected chi connectivity index (χ4v) is 11.5. The Morgan fingerprint density at radius 3 is 1.48 bits per heavy atom. The second-order valence-electron chi connectivity index (χ2n) is 18.9. The molecule has 0 bridgehead atoms. The number of hydrogen-bond acceptors (Lipinski definition) is 3. The minimum Gasteiger partial charge on any atom is -0.456 e. The Balaban J connectivity index is 1.19. The molecule has 0 radical (unpaired) electrons. The predicted octanol–water partition coefficient (Wildman–Crippen LogP) is 15.6. The molecule has 0 aliphatic carbocycles. The third-order valence-electron chi connectivity index (χ3n) is 12.4. The second-order valence-corrected chi connectivity index (χ2v) is 29.0. The molecule has 9 aromatic carbocycles. The van der Waals surface area contributed by atoms with Gasteiger partial charge in [0.2, 0.25) is 0 Å². The van der Waals surface area contributed by atoms with Gasteiger partial charge in [0.25, 0.3) is 0 Å². The molecule has 10 rings (SSSR count). The Labute approximate surface area is 362 Å². The molecule has 0 saturated carbocycles. The van der Waals surface area contributed by atoms with Gasteiger partial charge in [-0.15, -0.1) is 0 Å². The lowest BCUT2D eigenvalue weighted by molar-refractivity contribution is 0.487. The Kier molecular flexibility index (Phi) is 9.31. The van der Waals surface area contributed by atoms with Crippen molar-refractivity contribution in [1.29, 1.82) is 0 Å². The van der Waals surface area contributed by atoms with Gasteiger partial charge in [-0.05, 0) is 125 Å². The number of anilines is 6. The number of nitrogens with zero attached hydrogens (tertiary/aromatic N) is 2. The van der Waals surface area contributed by atoms with Crippen molar-refractivity contribution in [3.05, 3.63) is 181 Å². The van der Waals surface area contributed by atoms with E-state index in [0.717, 1.165) is 56.6 Å². The lowest BCUT2D eigenvalue weighted by Gasteiger charge is -2.30. The molecule has 3 nitrogen and oxygen atoms in total. The van der Waals surface area contributed by atoms with E-state index in [1.54, 1.807) is 0 Å². The highest BCUT2D eigenvalue weighted by molar-refractivity contribution is 6.89. The summed E-state index contributed by atoms with van der Waals surface area (Å²) >= 11 is 0. The standard InChI is InChI=1S/C56H52N2OSi2/c1-37-19-29-46-48(31-37)49-35-52-47-30-24-43(57(39-15-11-9-12-16-39)41-20-25-44(26-21-41)60(3,4)5)34-54(47)59-55-33-38(2)32-51(56(52)55)50(49)36-53(46)58(40-17-13-10-14-18-40)42-22-27-45(28-23-42)61(6,7)8/h9-36H,1-8H3. The highest BCUT2D eigenvalue weighted by atomic mass is 28.3. The van der Waals surface area contributed by atoms with Crippen molar-refractivity contribution < 1.29 is 4.74 Å². The Bertz CT molecular complexity index is 3130. The fraction of sp³-hybridized carbons (Fsp3) is 0.143. The highest BCUT2D eigenvalue weighted by Crippen LogP contribution is 2.53. The molecule has 9 aromatic rings. The van der Waals surface area contributed by atoms with Gasteiger partial charge in [-0.25, -0.2) is 0 Å². The summed E-state index contributed by atoms with van der Waals surface area (Å²) in [5.41, 5.74) is 11.5. The number of benzene rings is 9. The van der Waals surface area contributed by atoms with Crippen LogP contribution in [0.1, 0.15) is 11.1 Å². The molecule has 0 aromatic heterocycles. The van der Waals surface area contributed by atoms with Crippen LogP contribution in [0.25, 0.3) is 43.4 Å². The molecule has 0 spiro atoms. The molecule has 0 saturated heterocycles. The van der Waals surface area contributed by atoms with Crippen LogP contribution in [0, 0.1) is 13.8 Å². The van der Waals surface area contributed by atoms with Gasteiger partial charge >= 0.3 is 0 Å². The minimum absolute atomic E-state index is 0.866. The van der Waals surface area contributed by atoms with Crippen molar-refractivity contribution in [3.8, 4) is 22.6 Å². The Morgan fingerprint density at radius 1 is 0.361 bits per heavy atom. The van der Waals surface area contributed by atoms with E-state index in [1.807, 2.05) is 0 Å². The molecule has 0 unspecified atom stereocenters. The van der Waals surface area contributed by atoms with Crippen LogP contribution in [0.3, 0.4) is 0 Å². The topological polar surface area (TPSA) is 15.7 Å². The zero-order valence-corrected chi connectivity index (χ0v) is 38.5. The highest BCUT2D eigenvalue weighted by Gasteiger charge is 2.27. The molecule has 5 heteroatoms. The van der Waals surface area contributed by atoms with Crippen LogP contribution in [-0.4, -0.2) is 16.1 Å². The van der Waals surface area contributed by atoms with Gasteiger partial charge in [0, 0.05) is 50.8 Å². The zero-order chi connectivity index (χ0) is 42.2.